The Balaban J connectivity index is 1.64. The zero-order chi connectivity index (χ0) is 22.6. The molecular formula is C23H20F3NO4. The van der Waals surface area contributed by atoms with Gasteiger partial charge in [0.25, 0.3) is 5.91 Å². The lowest BCUT2D eigenvalue weighted by molar-refractivity contribution is -0.137. The number of aryl methyl sites for hydroxylation is 2. The quantitative estimate of drug-likeness (QED) is 0.514. The smallest absolute Gasteiger partial charge is 0.416 e. The number of rotatable bonds is 6. The van der Waals surface area contributed by atoms with Gasteiger partial charge in [-0.05, 0) is 48.7 Å². The number of hydrogen-bond acceptors (Lipinski definition) is 4. The third kappa shape index (κ3) is 5.33. The van der Waals surface area contributed by atoms with Gasteiger partial charge < -0.3 is 14.5 Å². The van der Waals surface area contributed by atoms with Crippen molar-refractivity contribution in [2.75, 3.05) is 11.9 Å². The van der Waals surface area contributed by atoms with Crippen LogP contribution in [0.5, 0.6) is 0 Å². The van der Waals surface area contributed by atoms with Gasteiger partial charge in [0.15, 0.2) is 6.61 Å². The Morgan fingerprint density at radius 3 is 2.52 bits per heavy atom. The summed E-state index contributed by atoms with van der Waals surface area (Å²) in [4.78, 5) is 24.4. The van der Waals surface area contributed by atoms with Gasteiger partial charge in [0.05, 0.1) is 5.56 Å². The maximum absolute atomic E-state index is 12.9. The van der Waals surface area contributed by atoms with Crippen molar-refractivity contribution >= 4 is 17.6 Å². The molecule has 1 heterocycles. The molecule has 3 rings (SSSR count). The van der Waals surface area contributed by atoms with Crippen molar-refractivity contribution in [2.45, 2.75) is 26.4 Å². The lowest BCUT2D eigenvalue weighted by atomic mass is 10.1. The van der Waals surface area contributed by atoms with Crippen molar-refractivity contribution in [3.8, 4) is 11.3 Å². The lowest BCUT2D eigenvalue weighted by Crippen LogP contribution is -2.22. The van der Waals surface area contributed by atoms with Gasteiger partial charge in [-0.15, -0.1) is 0 Å². The molecule has 0 unspecified atom stereocenters. The average Bonchev–Trinajstić information content (AvgIpc) is 3.23. The second kappa shape index (κ2) is 9.07. The maximum atomic E-state index is 12.9. The number of carbonyl (C=O) groups is 2. The molecule has 1 N–H and O–H groups in total. The van der Waals surface area contributed by atoms with Crippen molar-refractivity contribution in [3.05, 3.63) is 77.0 Å². The van der Waals surface area contributed by atoms with Crippen LogP contribution in [0.15, 0.2) is 59.0 Å². The summed E-state index contributed by atoms with van der Waals surface area (Å²) in [6.07, 6.45) is -3.77. The number of halogens is 3. The van der Waals surface area contributed by atoms with E-state index in [0.29, 0.717) is 5.69 Å². The van der Waals surface area contributed by atoms with Crippen molar-refractivity contribution in [2.24, 2.45) is 0 Å². The monoisotopic (exact) mass is 431 g/mol. The van der Waals surface area contributed by atoms with Gasteiger partial charge in [0, 0.05) is 11.3 Å². The van der Waals surface area contributed by atoms with Crippen LogP contribution in [0.4, 0.5) is 18.9 Å². The lowest BCUT2D eigenvalue weighted by Gasteiger charge is -2.12. The van der Waals surface area contributed by atoms with E-state index in [1.807, 2.05) is 32.0 Å². The van der Waals surface area contributed by atoms with E-state index in [-0.39, 0.29) is 17.1 Å². The number of amides is 1. The van der Waals surface area contributed by atoms with Crippen LogP contribution in [-0.4, -0.2) is 18.5 Å². The Morgan fingerprint density at radius 1 is 1.06 bits per heavy atom. The van der Waals surface area contributed by atoms with Crippen molar-refractivity contribution in [1.29, 1.82) is 0 Å². The molecule has 0 aliphatic carbocycles. The molecule has 0 radical (unpaired) electrons. The Labute approximate surface area is 176 Å². The van der Waals surface area contributed by atoms with E-state index >= 15 is 0 Å². The Morgan fingerprint density at radius 2 is 1.81 bits per heavy atom. The predicted octanol–water partition coefficient (Wildman–Crippen LogP) is 5.63. The van der Waals surface area contributed by atoms with Gasteiger partial charge in [-0.2, -0.15) is 13.2 Å². The minimum Gasteiger partial charge on any atom is -0.450 e. The molecule has 0 saturated heterocycles. The van der Waals surface area contributed by atoms with Crippen LogP contribution in [0.3, 0.4) is 0 Å². The van der Waals surface area contributed by atoms with E-state index < -0.39 is 30.2 Å². The van der Waals surface area contributed by atoms with Gasteiger partial charge in [0.2, 0.25) is 5.76 Å². The summed E-state index contributed by atoms with van der Waals surface area (Å²) in [7, 11) is 0. The first-order valence-electron chi connectivity index (χ1n) is 9.52. The molecule has 8 heteroatoms. The highest BCUT2D eigenvalue weighted by Crippen LogP contribution is 2.32. The van der Waals surface area contributed by atoms with Crippen LogP contribution in [-0.2, 0) is 22.1 Å². The standard InChI is InChI=1S/C23H20F3NO4/c1-3-15-7-4-6-14(2)21(15)27-20(28)13-30-22(29)19-11-10-18(31-19)16-8-5-9-17(12-16)23(24,25)26/h4-12H,3,13H2,1-2H3,(H,27,28). The molecule has 0 atom stereocenters. The first-order valence-corrected chi connectivity index (χ1v) is 9.52. The third-order valence-electron chi connectivity index (χ3n) is 4.62. The number of furan rings is 1. The van der Waals surface area contributed by atoms with E-state index in [9.17, 15) is 22.8 Å². The summed E-state index contributed by atoms with van der Waals surface area (Å²) < 4.78 is 48.9. The van der Waals surface area contributed by atoms with Gasteiger partial charge in [-0.1, -0.05) is 37.3 Å². The molecule has 162 valence electrons. The third-order valence-corrected chi connectivity index (χ3v) is 4.62. The SMILES string of the molecule is CCc1cccc(C)c1NC(=O)COC(=O)c1ccc(-c2cccc(C(F)(F)F)c2)o1. The predicted molar refractivity (Wildman–Crippen MR) is 109 cm³/mol. The van der Waals surface area contributed by atoms with Gasteiger partial charge >= 0.3 is 12.1 Å². The minimum atomic E-state index is -4.49. The fraction of sp³-hybridized carbons (Fsp3) is 0.217. The Hall–Kier alpha value is -3.55. The summed E-state index contributed by atoms with van der Waals surface area (Å²) in [5.74, 6) is -1.55. The zero-order valence-electron chi connectivity index (χ0n) is 16.9. The highest BCUT2D eigenvalue weighted by molar-refractivity contribution is 5.95. The van der Waals surface area contributed by atoms with Crippen LogP contribution in [0.25, 0.3) is 11.3 Å². The first kappa shape index (κ1) is 22.1. The number of ether oxygens (including phenoxy) is 1. The Bertz CT molecular complexity index is 1100. The van der Waals surface area contributed by atoms with Gasteiger partial charge in [-0.3, -0.25) is 4.79 Å². The van der Waals surface area contributed by atoms with Crippen LogP contribution >= 0.6 is 0 Å². The highest BCUT2D eigenvalue weighted by atomic mass is 19.4. The van der Waals surface area contributed by atoms with Crippen molar-refractivity contribution in [3.63, 3.8) is 0 Å². The summed E-state index contributed by atoms with van der Waals surface area (Å²) >= 11 is 0. The molecule has 0 fully saturated rings. The van der Waals surface area contributed by atoms with E-state index in [1.165, 1.54) is 24.3 Å². The van der Waals surface area contributed by atoms with Crippen molar-refractivity contribution < 1.29 is 31.9 Å². The maximum Gasteiger partial charge on any atom is 0.416 e. The molecule has 5 nitrogen and oxygen atoms in total. The highest BCUT2D eigenvalue weighted by Gasteiger charge is 2.30. The summed E-state index contributed by atoms with van der Waals surface area (Å²) in [5.41, 5.74) is 1.85. The summed E-state index contributed by atoms with van der Waals surface area (Å²) in [6, 6.07) is 12.9. The molecule has 1 amide bonds. The summed E-state index contributed by atoms with van der Waals surface area (Å²) in [5, 5.41) is 2.73. The average molecular weight is 431 g/mol. The number of para-hydroxylation sites is 1. The molecule has 31 heavy (non-hydrogen) atoms. The van der Waals surface area contributed by atoms with Crippen LogP contribution < -0.4 is 5.32 Å². The van der Waals surface area contributed by atoms with E-state index in [4.69, 9.17) is 9.15 Å². The number of alkyl halides is 3. The van der Waals surface area contributed by atoms with E-state index in [1.54, 1.807) is 0 Å². The molecule has 0 saturated carbocycles. The van der Waals surface area contributed by atoms with Crippen LogP contribution in [0, 0.1) is 6.92 Å². The normalized spacial score (nSPS) is 11.3. The number of esters is 1. The fourth-order valence-electron chi connectivity index (χ4n) is 3.03. The number of hydrogen-bond donors (Lipinski definition) is 1. The second-order valence-corrected chi connectivity index (χ2v) is 6.83. The molecule has 3 aromatic rings. The molecule has 2 aromatic carbocycles. The van der Waals surface area contributed by atoms with Crippen LogP contribution in [0.2, 0.25) is 0 Å². The zero-order valence-corrected chi connectivity index (χ0v) is 16.9. The van der Waals surface area contributed by atoms with Gasteiger partial charge in [-0.25, -0.2) is 4.79 Å². The minimum absolute atomic E-state index is 0.0787. The van der Waals surface area contributed by atoms with E-state index in [0.717, 1.165) is 29.7 Å². The molecule has 1 aromatic heterocycles. The number of benzene rings is 2. The molecule has 0 aliphatic rings. The molecule has 0 bridgehead atoms. The fourth-order valence-corrected chi connectivity index (χ4v) is 3.03. The second-order valence-electron chi connectivity index (χ2n) is 6.83. The number of carbonyl (C=O) groups excluding carboxylic acids is 2. The number of anilines is 1. The first-order chi connectivity index (χ1) is 14.7. The van der Waals surface area contributed by atoms with Gasteiger partial charge in [0.1, 0.15) is 5.76 Å². The molecule has 0 aliphatic heterocycles. The van der Waals surface area contributed by atoms with Crippen LogP contribution in [0.1, 0.15) is 34.2 Å². The largest absolute Gasteiger partial charge is 0.450 e. The molecule has 0 spiro atoms. The number of nitrogens with one attached hydrogen (secondary N) is 1. The topological polar surface area (TPSA) is 68.5 Å². The molecular weight excluding hydrogens is 411 g/mol. The Kier molecular flexibility index (Phi) is 6.48. The summed E-state index contributed by atoms with van der Waals surface area (Å²) in [6.45, 7) is 3.29. The van der Waals surface area contributed by atoms with Crippen molar-refractivity contribution in [1.82, 2.24) is 0 Å². The van der Waals surface area contributed by atoms with E-state index in [2.05, 4.69) is 5.32 Å².